The highest BCUT2D eigenvalue weighted by Crippen LogP contribution is 2.57. The summed E-state index contributed by atoms with van der Waals surface area (Å²) in [4.78, 5) is 2.42. The zero-order valence-corrected chi connectivity index (χ0v) is 38.0. The fraction of sp³-hybridized carbons (Fsp3) is 0.0149. The molecule has 12 aromatic rings. The molecular formula is C67H46N2. The molecule has 0 bridgehead atoms. The van der Waals surface area contributed by atoms with E-state index in [1.54, 1.807) is 0 Å². The molecule has 1 aliphatic carbocycles. The van der Waals surface area contributed by atoms with Gasteiger partial charge in [-0.15, -0.1) is 0 Å². The second kappa shape index (κ2) is 16.7. The Morgan fingerprint density at radius 2 is 0.710 bits per heavy atom. The summed E-state index contributed by atoms with van der Waals surface area (Å²) < 4.78 is 2.43. The number of fused-ring (bicyclic) bond motifs is 6. The van der Waals surface area contributed by atoms with Gasteiger partial charge in [0.25, 0.3) is 0 Å². The van der Waals surface area contributed by atoms with E-state index in [1.165, 1.54) is 83.0 Å². The molecule has 1 heterocycles. The number of benzene rings is 11. The smallest absolute Gasteiger partial charge is 0.0714 e. The minimum Gasteiger partial charge on any atom is -0.310 e. The molecule has 11 aromatic carbocycles. The molecule has 0 fully saturated rings. The number of aromatic nitrogens is 1. The molecule has 0 unspecified atom stereocenters. The third-order valence-electron chi connectivity index (χ3n) is 14.3. The molecule has 0 radical (unpaired) electrons. The molecule has 0 spiro atoms. The van der Waals surface area contributed by atoms with Crippen LogP contribution in [-0.2, 0) is 5.41 Å². The number of anilines is 3. The number of rotatable bonds is 9. The minimum atomic E-state index is -0.517. The van der Waals surface area contributed by atoms with Crippen molar-refractivity contribution < 1.29 is 0 Å². The van der Waals surface area contributed by atoms with E-state index in [0.29, 0.717) is 0 Å². The standard InChI is InChI=1S/C67H46N2/c1-4-20-47(21-5-1)48-36-40-52(41-37-48)68(54-44-45-58-57-28-12-16-32-62(57)67(63(58)46-54,50-22-6-2-7-23-50)51-24-8-3-9-25-51)53-42-38-49(39-43-53)55-26-10-11-27-56(55)59-29-13-17-33-64(59)69-65-34-18-14-30-60(65)61-31-15-19-35-66(61)69/h1-46H. The van der Waals surface area contributed by atoms with Gasteiger partial charge in [0, 0.05) is 33.4 Å². The Balaban J connectivity index is 0.965. The van der Waals surface area contributed by atoms with Gasteiger partial charge in [-0.05, 0) is 116 Å². The number of para-hydroxylation sites is 3. The fourth-order valence-corrected chi connectivity index (χ4v) is 11.3. The molecule has 324 valence electrons. The Kier molecular flexibility index (Phi) is 9.77. The van der Waals surface area contributed by atoms with Gasteiger partial charge >= 0.3 is 0 Å². The van der Waals surface area contributed by atoms with E-state index in [9.17, 15) is 0 Å². The van der Waals surface area contributed by atoms with Crippen molar-refractivity contribution in [3.8, 4) is 50.2 Å². The molecule has 0 saturated carbocycles. The molecule has 69 heavy (non-hydrogen) atoms. The second-order valence-electron chi connectivity index (χ2n) is 18.0. The Morgan fingerprint density at radius 3 is 1.33 bits per heavy atom. The normalized spacial score (nSPS) is 12.5. The second-order valence-corrected chi connectivity index (χ2v) is 18.0. The first kappa shape index (κ1) is 40.3. The zero-order chi connectivity index (χ0) is 45.7. The Bertz CT molecular complexity index is 3720. The molecule has 0 aliphatic heterocycles. The van der Waals surface area contributed by atoms with Crippen LogP contribution >= 0.6 is 0 Å². The fourth-order valence-electron chi connectivity index (χ4n) is 11.3. The van der Waals surface area contributed by atoms with Crippen LogP contribution in [0.2, 0.25) is 0 Å². The molecule has 0 N–H and O–H groups in total. The van der Waals surface area contributed by atoms with Crippen molar-refractivity contribution in [2.75, 3.05) is 4.90 Å². The van der Waals surface area contributed by atoms with Gasteiger partial charge in [-0.2, -0.15) is 0 Å². The molecule has 0 amide bonds. The van der Waals surface area contributed by atoms with Crippen molar-refractivity contribution in [2.24, 2.45) is 0 Å². The van der Waals surface area contributed by atoms with Crippen LogP contribution in [0.25, 0.3) is 72.0 Å². The molecule has 0 saturated heterocycles. The lowest BCUT2D eigenvalue weighted by Crippen LogP contribution is -2.28. The third-order valence-corrected chi connectivity index (χ3v) is 14.3. The Hall–Kier alpha value is -8.98. The summed E-state index contributed by atoms with van der Waals surface area (Å²) in [7, 11) is 0. The van der Waals surface area contributed by atoms with Gasteiger partial charge in [-0.1, -0.05) is 224 Å². The third kappa shape index (κ3) is 6.56. The first-order valence-corrected chi connectivity index (χ1v) is 23.8. The highest BCUT2D eigenvalue weighted by atomic mass is 15.1. The average molecular weight is 879 g/mol. The molecule has 1 aromatic heterocycles. The molecule has 0 atom stereocenters. The summed E-state index contributed by atoms with van der Waals surface area (Å²) >= 11 is 0. The van der Waals surface area contributed by atoms with Gasteiger partial charge in [-0.25, -0.2) is 0 Å². The van der Waals surface area contributed by atoms with E-state index >= 15 is 0 Å². The van der Waals surface area contributed by atoms with Crippen LogP contribution in [0.3, 0.4) is 0 Å². The monoisotopic (exact) mass is 878 g/mol. The van der Waals surface area contributed by atoms with Crippen LogP contribution in [0.1, 0.15) is 22.3 Å². The topological polar surface area (TPSA) is 8.17 Å². The maximum Gasteiger partial charge on any atom is 0.0714 e. The van der Waals surface area contributed by atoms with E-state index in [0.717, 1.165) is 28.3 Å². The Labute approximate surface area is 403 Å². The molecule has 2 heteroatoms. The van der Waals surface area contributed by atoms with Gasteiger partial charge in [0.1, 0.15) is 0 Å². The lowest BCUT2D eigenvalue weighted by atomic mass is 9.67. The maximum atomic E-state index is 2.45. The van der Waals surface area contributed by atoms with E-state index in [-0.39, 0.29) is 0 Å². The van der Waals surface area contributed by atoms with Crippen LogP contribution in [-0.4, -0.2) is 4.57 Å². The number of nitrogens with zero attached hydrogens (tertiary/aromatic N) is 2. The largest absolute Gasteiger partial charge is 0.310 e. The highest BCUT2D eigenvalue weighted by molar-refractivity contribution is 6.10. The number of hydrogen-bond acceptors (Lipinski definition) is 1. The van der Waals surface area contributed by atoms with Gasteiger partial charge in [0.05, 0.1) is 22.1 Å². The summed E-state index contributed by atoms with van der Waals surface area (Å²) in [5.41, 5.74) is 21.0. The quantitative estimate of drug-likeness (QED) is 0.140. The average Bonchev–Trinajstić information content (AvgIpc) is 3.93. The van der Waals surface area contributed by atoms with E-state index in [4.69, 9.17) is 0 Å². The van der Waals surface area contributed by atoms with Crippen LogP contribution in [0.15, 0.2) is 279 Å². The van der Waals surface area contributed by atoms with Crippen LogP contribution in [0.4, 0.5) is 17.1 Å². The van der Waals surface area contributed by atoms with E-state index in [2.05, 4.69) is 289 Å². The molecular weight excluding hydrogens is 833 g/mol. The maximum absolute atomic E-state index is 2.45. The first-order valence-electron chi connectivity index (χ1n) is 23.8. The lowest BCUT2D eigenvalue weighted by Gasteiger charge is -2.35. The van der Waals surface area contributed by atoms with Crippen molar-refractivity contribution in [1.82, 2.24) is 4.57 Å². The van der Waals surface area contributed by atoms with Gasteiger partial charge in [0.2, 0.25) is 0 Å². The van der Waals surface area contributed by atoms with Crippen molar-refractivity contribution in [2.45, 2.75) is 5.41 Å². The van der Waals surface area contributed by atoms with Crippen LogP contribution < -0.4 is 4.90 Å². The van der Waals surface area contributed by atoms with Gasteiger partial charge in [0.15, 0.2) is 0 Å². The Morgan fingerprint density at radius 1 is 0.275 bits per heavy atom. The number of hydrogen-bond donors (Lipinski definition) is 0. The summed E-state index contributed by atoms with van der Waals surface area (Å²) in [6, 6.07) is 102. The SMILES string of the molecule is c1ccc(-c2ccc(N(c3ccc(-c4ccccc4-c4ccccc4-n4c5ccccc5c5ccccc54)cc3)c3ccc4c(c3)C(c3ccccc3)(c3ccccc3)c3ccccc3-4)cc2)cc1. The van der Waals surface area contributed by atoms with E-state index in [1.807, 2.05) is 0 Å². The molecule has 1 aliphatic rings. The van der Waals surface area contributed by atoms with Crippen molar-refractivity contribution in [3.05, 3.63) is 301 Å². The molecule has 13 rings (SSSR count). The predicted octanol–water partition coefficient (Wildman–Crippen LogP) is 17.6. The van der Waals surface area contributed by atoms with E-state index < -0.39 is 5.41 Å². The zero-order valence-electron chi connectivity index (χ0n) is 38.0. The van der Waals surface area contributed by atoms with Crippen LogP contribution in [0.5, 0.6) is 0 Å². The van der Waals surface area contributed by atoms with Crippen molar-refractivity contribution >= 4 is 38.9 Å². The van der Waals surface area contributed by atoms with Gasteiger partial charge in [-0.3, -0.25) is 0 Å². The summed E-state index contributed by atoms with van der Waals surface area (Å²) in [5, 5.41) is 2.51. The predicted molar refractivity (Wildman–Crippen MR) is 289 cm³/mol. The van der Waals surface area contributed by atoms with Crippen molar-refractivity contribution in [3.63, 3.8) is 0 Å². The highest BCUT2D eigenvalue weighted by Gasteiger charge is 2.46. The first-order chi connectivity index (χ1) is 34.3. The van der Waals surface area contributed by atoms with Gasteiger partial charge < -0.3 is 9.47 Å². The van der Waals surface area contributed by atoms with Crippen molar-refractivity contribution in [1.29, 1.82) is 0 Å². The minimum absolute atomic E-state index is 0.517. The summed E-state index contributed by atoms with van der Waals surface area (Å²) in [6.07, 6.45) is 0. The molecule has 2 nitrogen and oxygen atoms in total. The summed E-state index contributed by atoms with van der Waals surface area (Å²) in [5.74, 6) is 0. The van der Waals surface area contributed by atoms with Crippen LogP contribution in [0, 0.1) is 0 Å². The lowest BCUT2D eigenvalue weighted by molar-refractivity contribution is 0.768. The summed E-state index contributed by atoms with van der Waals surface area (Å²) in [6.45, 7) is 0.